The van der Waals surface area contributed by atoms with Crippen LogP contribution in [0.5, 0.6) is 11.5 Å². The van der Waals surface area contributed by atoms with Gasteiger partial charge in [-0.3, -0.25) is 4.79 Å². The van der Waals surface area contributed by atoms with Crippen molar-refractivity contribution in [2.75, 3.05) is 12.1 Å². The highest BCUT2D eigenvalue weighted by Gasteiger charge is 2.21. The van der Waals surface area contributed by atoms with E-state index in [4.69, 9.17) is 14.0 Å². The zero-order chi connectivity index (χ0) is 19.1. The van der Waals surface area contributed by atoms with Gasteiger partial charge in [0.05, 0.1) is 22.3 Å². The molecule has 8 heteroatoms. The van der Waals surface area contributed by atoms with Crippen LogP contribution in [0.3, 0.4) is 0 Å². The fraction of sp³-hybridized carbons (Fsp3) is 0.100. The van der Waals surface area contributed by atoms with E-state index in [1.54, 1.807) is 37.4 Å². The third-order valence-electron chi connectivity index (χ3n) is 4.44. The molecule has 0 atom stereocenters. The van der Waals surface area contributed by atoms with Crippen molar-refractivity contribution in [3.63, 3.8) is 0 Å². The van der Waals surface area contributed by atoms with Crippen LogP contribution in [0.2, 0.25) is 0 Å². The number of ether oxygens (including phenoxy) is 2. The molecule has 28 heavy (non-hydrogen) atoms. The van der Waals surface area contributed by atoms with E-state index in [0.29, 0.717) is 45.4 Å². The van der Waals surface area contributed by atoms with Gasteiger partial charge in [-0.15, -0.1) is 0 Å². The van der Waals surface area contributed by atoms with Crippen LogP contribution in [0.15, 0.2) is 53.2 Å². The van der Waals surface area contributed by atoms with Crippen LogP contribution in [0.1, 0.15) is 16.1 Å². The van der Waals surface area contributed by atoms with Gasteiger partial charge in [0.2, 0.25) is 6.79 Å². The number of aryl methyl sites for hydroxylation is 1. The monoisotopic (exact) mass is 374 g/mol. The fourth-order valence-corrected chi connectivity index (χ4v) is 3.10. The summed E-state index contributed by atoms with van der Waals surface area (Å²) in [5, 5.41) is 7.32. The smallest absolute Gasteiger partial charge is 0.259 e. The number of rotatable bonds is 3. The molecule has 4 heterocycles. The molecule has 1 N–H and O–H groups in total. The number of hydrogen-bond acceptors (Lipinski definition) is 7. The molecule has 4 aromatic rings. The average molecular weight is 374 g/mol. The number of benzene rings is 1. The van der Waals surface area contributed by atoms with E-state index in [1.807, 2.05) is 18.2 Å². The number of carbonyl (C=O) groups excluding carboxylic acids is 1. The number of nitrogens with one attached hydrogen (secondary N) is 1. The van der Waals surface area contributed by atoms with E-state index in [0.717, 1.165) is 5.56 Å². The first-order chi connectivity index (χ1) is 13.7. The molecule has 1 aromatic carbocycles. The van der Waals surface area contributed by atoms with Crippen molar-refractivity contribution >= 4 is 22.8 Å². The summed E-state index contributed by atoms with van der Waals surface area (Å²) in [6.07, 6.45) is 1.61. The van der Waals surface area contributed by atoms with Crippen molar-refractivity contribution in [3.8, 4) is 22.8 Å². The number of anilines is 1. The largest absolute Gasteiger partial charge is 0.454 e. The van der Waals surface area contributed by atoms with Crippen molar-refractivity contribution in [1.29, 1.82) is 0 Å². The van der Waals surface area contributed by atoms with Crippen LogP contribution >= 0.6 is 0 Å². The fourth-order valence-electron chi connectivity index (χ4n) is 3.10. The average Bonchev–Trinajstić information content (AvgIpc) is 3.34. The molecule has 0 aliphatic carbocycles. The number of fused-ring (bicyclic) bond motifs is 2. The zero-order valence-electron chi connectivity index (χ0n) is 14.8. The third kappa shape index (κ3) is 2.71. The molecule has 0 radical (unpaired) electrons. The predicted octanol–water partition coefficient (Wildman–Crippen LogP) is 3.57. The van der Waals surface area contributed by atoms with E-state index in [9.17, 15) is 4.79 Å². The van der Waals surface area contributed by atoms with Gasteiger partial charge in [-0.25, -0.2) is 9.97 Å². The second-order valence-corrected chi connectivity index (χ2v) is 6.24. The highest BCUT2D eigenvalue weighted by Crippen LogP contribution is 2.36. The summed E-state index contributed by atoms with van der Waals surface area (Å²) in [5.74, 6) is 1.44. The van der Waals surface area contributed by atoms with E-state index >= 15 is 0 Å². The quantitative estimate of drug-likeness (QED) is 0.585. The summed E-state index contributed by atoms with van der Waals surface area (Å²) in [6, 6.07) is 12.5. The van der Waals surface area contributed by atoms with Gasteiger partial charge in [-0.2, -0.15) is 0 Å². The number of amides is 1. The van der Waals surface area contributed by atoms with Crippen LogP contribution in [0, 0.1) is 6.92 Å². The number of hydrogen-bond donors (Lipinski definition) is 1. The van der Waals surface area contributed by atoms with Gasteiger partial charge in [0.15, 0.2) is 11.5 Å². The standard InChI is InChI=1S/C20H14N4O4/c1-11-18-13(19(25)23-17-4-2-3-7-21-17)9-14(22-20(18)28-24-11)12-5-6-15-16(8-12)27-10-26-15/h2-9H,10H2,1H3,(H,21,23,25). The Balaban J connectivity index is 1.61. The van der Waals surface area contributed by atoms with E-state index in [1.165, 1.54) is 0 Å². The van der Waals surface area contributed by atoms with Gasteiger partial charge < -0.3 is 19.3 Å². The van der Waals surface area contributed by atoms with E-state index in [-0.39, 0.29) is 12.7 Å². The molecule has 1 amide bonds. The van der Waals surface area contributed by atoms with E-state index in [2.05, 4.69) is 20.4 Å². The van der Waals surface area contributed by atoms with Gasteiger partial charge in [0.25, 0.3) is 11.6 Å². The van der Waals surface area contributed by atoms with Crippen LogP contribution < -0.4 is 14.8 Å². The molecule has 3 aromatic heterocycles. The van der Waals surface area contributed by atoms with Gasteiger partial charge in [0.1, 0.15) is 5.82 Å². The Morgan fingerprint density at radius 2 is 2.00 bits per heavy atom. The Hall–Kier alpha value is -3.94. The second kappa shape index (κ2) is 6.34. The summed E-state index contributed by atoms with van der Waals surface area (Å²) >= 11 is 0. The molecule has 5 rings (SSSR count). The first-order valence-corrected chi connectivity index (χ1v) is 8.58. The highest BCUT2D eigenvalue weighted by molar-refractivity contribution is 6.12. The molecule has 138 valence electrons. The van der Waals surface area contributed by atoms with Gasteiger partial charge in [-0.05, 0) is 43.3 Å². The number of pyridine rings is 2. The Bertz CT molecular complexity index is 1200. The second-order valence-electron chi connectivity index (χ2n) is 6.24. The minimum Gasteiger partial charge on any atom is -0.454 e. The molecule has 0 fully saturated rings. The minimum atomic E-state index is -0.320. The first-order valence-electron chi connectivity index (χ1n) is 8.58. The summed E-state index contributed by atoms with van der Waals surface area (Å²) in [6.45, 7) is 1.95. The lowest BCUT2D eigenvalue weighted by atomic mass is 10.0. The lowest BCUT2D eigenvalue weighted by Crippen LogP contribution is -2.14. The molecular weight excluding hydrogens is 360 g/mol. The minimum absolute atomic E-state index is 0.185. The summed E-state index contributed by atoms with van der Waals surface area (Å²) in [7, 11) is 0. The number of aromatic nitrogens is 3. The van der Waals surface area contributed by atoms with Crippen LogP contribution in [-0.2, 0) is 0 Å². The van der Waals surface area contributed by atoms with Gasteiger partial charge in [0, 0.05) is 11.8 Å². The molecule has 0 spiro atoms. The van der Waals surface area contributed by atoms with Crippen LogP contribution in [-0.4, -0.2) is 27.8 Å². The summed E-state index contributed by atoms with van der Waals surface area (Å²) < 4.78 is 16.1. The maximum Gasteiger partial charge on any atom is 0.259 e. The van der Waals surface area contributed by atoms with Crippen molar-refractivity contribution in [2.45, 2.75) is 6.92 Å². The molecule has 0 unspecified atom stereocenters. The Labute approximate surface area is 159 Å². The normalized spacial score (nSPS) is 12.3. The summed E-state index contributed by atoms with van der Waals surface area (Å²) in [5.41, 5.74) is 2.62. The lowest BCUT2D eigenvalue weighted by Gasteiger charge is -2.08. The number of carbonyl (C=O) groups is 1. The molecular formula is C20H14N4O4. The van der Waals surface area contributed by atoms with Crippen molar-refractivity contribution in [3.05, 3.63) is 59.9 Å². The van der Waals surface area contributed by atoms with Crippen LogP contribution in [0.25, 0.3) is 22.4 Å². The molecule has 0 bridgehead atoms. The molecule has 1 aliphatic rings. The topological polar surface area (TPSA) is 99.4 Å². The maximum atomic E-state index is 13.0. The SMILES string of the molecule is Cc1noc2nc(-c3ccc4c(c3)OCO4)cc(C(=O)Nc3ccccn3)c12. The van der Waals surface area contributed by atoms with Crippen molar-refractivity contribution in [1.82, 2.24) is 15.1 Å². The molecule has 1 aliphatic heterocycles. The molecule has 0 saturated carbocycles. The number of nitrogens with zero attached hydrogens (tertiary/aromatic N) is 3. The Morgan fingerprint density at radius 1 is 1.11 bits per heavy atom. The van der Waals surface area contributed by atoms with Crippen molar-refractivity contribution < 1.29 is 18.8 Å². The Morgan fingerprint density at radius 3 is 2.86 bits per heavy atom. The summed E-state index contributed by atoms with van der Waals surface area (Å²) in [4.78, 5) is 21.6. The molecule has 8 nitrogen and oxygen atoms in total. The first kappa shape index (κ1) is 16.2. The van der Waals surface area contributed by atoms with Crippen molar-refractivity contribution in [2.24, 2.45) is 0 Å². The Kier molecular flexibility index (Phi) is 3.68. The molecule has 0 saturated heterocycles. The van der Waals surface area contributed by atoms with E-state index < -0.39 is 0 Å². The zero-order valence-corrected chi connectivity index (χ0v) is 14.8. The maximum absolute atomic E-state index is 13.0. The highest BCUT2D eigenvalue weighted by atomic mass is 16.7. The van der Waals surface area contributed by atoms with Crippen LogP contribution in [0.4, 0.5) is 5.82 Å². The predicted molar refractivity (Wildman–Crippen MR) is 100 cm³/mol. The van der Waals surface area contributed by atoms with Gasteiger partial charge in [-0.1, -0.05) is 11.2 Å². The lowest BCUT2D eigenvalue weighted by molar-refractivity contribution is 0.102. The van der Waals surface area contributed by atoms with Gasteiger partial charge >= 0.3 is 0 Å². The third-order valence-corrected chi connectivity index (χ3v) is 4.44.